The molecule has 0 aromatic heterocycles. The van der Waals surface area contributed by atoms with E-state index in [0.29, 0.717) is 5.41 Å². The van der Waals surface area contributed by atoms with Gasteiger partial charge in [-0.1, -0.05) is 44.5 Å². The molecule has 27 heavy (non-hydrogen) atoms. The Kier molecular flexibility index (Phi) is 9.08. The first-order valence-corrected chi connectivity index (χ1v) is 10.4. The predicted octanol–water partition coefficient (Wildman–Crippen LogP) is 3.40. The molecule has 0 radical (unpaired) electrons. The van der Waals surface area contributed by atoms with Crippen LogP contribution in [0.15, 0.2) is 29.3 Å². The normalized spacial score (nSPS) is 16.3. The van der Waals surface area contributed by atoms with Crippen LogP contribution in [0.25, 0.3) is 0 Å². The standard InChI is InChI=1S/C22H38N4O/c1-5-26(6-2)17-20-10-7-9-19(15-20)16-24-21(23-3)25-18-22(11-8-12-22)13-14-27-4/h7,9-10,15H,5-6,8,11-14,16-18H2,1-4H3,(H2,23,24,25). The summed E-state index contributed by atoms with van der Waals surface area (Å²) in [6, 6.07) is 8.84. The van der Waals surface area contributed by atoms with Gasteiger partial charge in [-0.25, -0.2) is 0 Å². The van der Waals surface area contributed by atoms with Crippen molar-refractivity contribution in [2.45, 2.75) is 52.6 Å². The Balaban J connectivity index is 1.83. The van der Waals surface area contributed by atoms with Crippen LogP contribution in [0.3, 0.4) is 0 Å². The molecule has 1 saturated carbocycles. The van der Waals surface area contributed by atoms with E-state index in [2.05, 4.69) is 58.6 Å². The fraction of sp³-hybridized carbons (Fsp3) is 0.682. The van der Waals surface area contributed by atoms with Crippen molar-refractivity contribution in [2.24, 2.45) is 10.4 Å². The highest BCUT2D eigenvalue weighted by Crippen LogP contribution is 2.43. The number of ether oxygens (including phenoxy) is 1. The fourth-order valence-electron chi connectivity index (χ4n) is 3.73. The second-order valence-corrected chi connectivity index (χ2v) is 7.66. The third-order valence-corrected chi connectivity index (χ3v) is 5.86. The molecule has 2 N–H and O–H groups in total. The van der Waals surface area contributed by atoms with E-state index in [1.54, 1.807) is 7.11 Å². The number of rotatable bonds is 11. The minimum absolute atomic E-state index is 0.386. The van der Waals surface area contributed by atoms with Crippen molar-refractivity contribution in [2.75, 3.05) is 40.4 Å². The summed E-state index contributed by atoms with van der Waals surface area (Å²) in [6.07, 6.45) is 5.03. The summed E-state index contributed by atoms with van der Waals surface area (Å²) in [7, 11) is 3.63. The first kappa shape index (κ1) is 21.7. The van der Waals surface area contributed by atoms with Crippen molar-refractivity contribution < 1.29 is 4.74 Å². The molecule has 0 spiro atoms. The number of benzene rings is 1. The Labute approximate surface area is 165 Å². The van der Waals surface area contributed by atoms with Crippen molar-refractivity contribution in [3.8, 4) is 0 Å². The molecule has 0 bridgehead atoms. The second kappa shape index (κ2) is 11.3. The summed E-state index contributed by atoms with van der Waals surface area (Å²) in [6.45, 7) is 10.2. The van der Waals surface area contributed by atoms with E-state index < -0.39 is 0 Å². The van der Waals surface area contributed by atoms with E-state index >= 15 is 0 Å². The van der Waals surface area contributed by atoms with Crippen molar-refractivity contribution >= 4 is 5.96 Å². The Morgan fingerprint density at radius 1 is 1.19 bits per heavy atom. The summed E-state index contributed by atoms with van der Waals surface area (Å²) < 4.78 is 5.29. The van der Waals surface area contributed by atoms with Gasteiger partial charge in [0, 0.05) is 40.4 Å². The molecule has 5 nitrogen and oxygen atoms in total. The number of guanidine groups is 1. The maximum atomic E-state index is 5.29. The van der Waals surface area contributed by atoms with Crippen LogP contribution in [0, 0.1) is 5.41 Å². The molecule has 1 aromatic carbocycles. The molecule has 0 heterocycles. The maximum absolute atomic E-state index is 5.29. The molecule has 0 amide bonds. The molecular weight excluding hydrogens is 336 g/mol. The Morgan fingerprint density at radius 3 is 2.52 bits per heavy atom. The van der Waals surface area contributed by atoms with Crippen molar-refractivity contribution in [3.63, 3.8) is 0 Å². The lowest BCUT2D eigenvalue weighted by molar-refractivity contribution is 0.0732. The molecular formula is C22H38N4O. The van der Waals surface area contributed by atoms with E-state index in [1.165, 1.54) is 30.4 Å². The van der Waals surface area contributed by atoms with Gasteiger partial charge < -0.3 is 15.4 Å². The molecule has 152 valence electrons. The Hall–Kier alpha value is -1.59. The van der Waals surface area contributed by atoms with Gasteiger partial charge in [0.05, 0.1) is 0 Å². The zero-order chi connectivity index (χ0) is 19.5. The van der Waals surface area contributed by atoms with Crippen LogP contribution < -0.4 is 10.6 Å². The molecule has 1 aliphatic carbocycles. The molecule has 1 fully saturated rings. The van der Waals surface area contributed by atoms with Crippen molar-refractivity contribution in [3.05, 3.63) is 35.4 Å². The van der Waals surface area contributed by atoms with E-state index in [-0.39, 0.29) is 0 Å². The predicted molar refractivity (Wildman–Crippen MR) is 114 cm³/mol. The SMILES string of the molecule is CCN(CC)Cc1cccc(CNC(=NC)NCC2(CCOC)CCC2)c1. The highest BCUT2D eigenvalue weighted by Gasteiger charge is 2.36. The molecule has 1 aliphatic rings. The highest BCUT2D eigenvalue weighted by atomic mass is 16.5. The molecule has 2 rings (SSSR count). The van der Waals surface area contributed by atoms with Gasteiger partial charge in [-0.2, -0.15) is 0 Å². The van der Waals surface area contributed by atoms with Crippen LogP contribution in [0.2, 0.25) is 0 Å². The number of methoxy groups -OCH3 is 1. The van der Waals surface area contributed by atoms with Crippen molar-refractivity contribution in [1.29, 1.82) is 0 Å². The maximum Gasteiger partial charge on any atom is 0.191 e. The summed E-state index contributed by atoms with van der Waals surface area (Å²) >= 11 is 0. The summed E-state index contributed by atoms with van der Waals surface area (Å²) in [5.74, 6) is 0.882. The summed E-state index contributed by atoms with van der Waals surface area (Å²) in [5.41, 5.74) is 3.05. The largest absolute Gasteiger partial charge is 0.385 e. The smallest absolute Gasteiger partial charge is 0.191 e. The lowest BCUT2D eigenvalue weighted by Gasteiger charge is -2.42. The lowest BCUT2D eigenvalue weighted by atomic mass is 9.67. The molecule has 0 saturated heterocycles. The Bertz CT molecular complexity index is 579. The van der Waals surface area contributed by atoms with Crippen LogP contribution in [0.1, 0.15) is 50.7 Å². The first-order chi connectivity index (χ1) is 13.1. The first-order valence-electron chi connectivity index (χ1n) is 10.4. The lowest BCUT2D eigenvalue weighted by Crippen LogP contribution is -2.46. The monoisotopic (exact) mass is 374 g/mol. The number of hydrogen-bond acceptors (Lipinski definition) is 3. The Morgan fingerprint density at radius 2 is 1.93 bits per heavy atom. The van der Waals surface area contributed by atoms with Crippen LogP contribution >= 0.6 is 0 Å². The van der Waals surface area contributed by atoms with E-state index in [0.717, 1.165) is 51.7 Å². The van der Waals surface area contributed by atoms with E-state index in [4.69, 9.17) is 4.74 Å². The third kappa shape index (κ3) is 6.82. The average Bonchev–Trinajstić information content (AvgIpc) is 2.67. The van der Waals surface area contributed by atoms with E-state index in [9.17, 15) is 0 Å². The van der Waals surface area contributed by atoms with Gasteiger partial charge in [-0.3, -0.25) is 9.89 Å². The molecule has 5 heteroatoms. The topological polar surface area (TPSA) is 48.9 Å². The molecule has 0 atom stereocenters. The van der Waals surface area contributed by atoms with Crippen LogP contribution in [-0.4, -0.2) is 51.3 Å². The zero-order valence-electron chi connectivity index (χ0n) is 17.7. The van der Waals surface area contributed by atoms with Gasteiger partial charge >= 0.3 is 0 Å². The highest BCUT2D eigenvalue weighted by molar-refractivity contribution is 5.79. The van der Waals surface area contributed by atoms with Crippen LogP contribution in [0.5, 0.6) is 0 Å². The molecule has 0 aliphatic heterocycles. The fourth-order valence-corrected chi connectivity index (χ4v) is 3.73. The summed E-state index contributed by atoms with van der Waals surface area (Å²) in [5, 5.41) is 7.00. The quantitative estimate of drug-likeness (QED) is 0.460. The number of nitrogens with zero attached hydrogens (tertiary/aromatic N) is 2. The molecule has 1 aromatic rings. The van der Waals surface area contributed by atoms with Gasteiger partial charge in [-0.05, 0) is 48.9 Å². The number of nitrogens with one attached hydrogen (secondary N) is 2. The number of hydrogen-bond donors (Lipinski definition) is 2. The molecule has 0 unspecified atom stereocenters. The van der Waals surface area contributed by atoms with Gasteiger partial charge in [0.25, 0.3) is 0 Å². The zero-order valence-corrected chi connectivity index (χ0v) is 17.7. The minimum atomic E-state index is 0.386. The second-order valence-electron chi connectivity index (χ2n) is 7.66. The average molecular weight is 375 g/mol. The van der Waals surface area contributed by atoms with E-state index in [1.807, 2.05) is 7.05 Å². The van der Waals surface area contributed by atoms with Gasteiger partial charge in [0.2, 0.25) is 0 Å². The van der Waals surface area contributed by atoms with Gasteiger partial charge in [0.15, 0.2) is 5.96 Å². The van der Waals surface area contributed by atoms with Crippen LogP contribution in [0.4, 0.5) is 0 Å². The third-order valence-electron chi connectivity index (χ3n) is 5.86. The van der Waals surface area contributed by atoms with Crippen LogP contribution in [-0.2, 0) is 17.8 Å². The minimum Gasteiger partial charge on any atom is -0.385 e. The number of aliphatic imine (C=N–C) groups is 1. The summed E-state index contributed by atoms with van der Waals surface area (Å²) in [4.78, 5) is 6.83. The van der Waals surface area contributed by atoms with Gasteiger partial charge in [0.1, 0.15) is 0 Å². The van der Waals surface area contributed by atoms with Crippen molar-refractivity contribution in [1.82, 2.24) is 15.5 Å². The van der Waals surface area contributed by atoms with Gasteiger partial charge in [-0.15, -0.1) is 0 Å².